The minimum Gasteiger partial charge on any atom is -0.481 e. The summed E-state index contributed by atoms with van der Waals surface area (Å²) in [6.07, 6.45) is 0.117. The number of benzene rings is 2. The summed E-state index contributed by atoms with van der Waals surface area (Å²) in [6.45, 7) is 1.89. The van der Waals surface area contributed by atoms with Crippen LogP contribution in [0.3, 0.4) is 0 Å². The first-order chi connectivity index (χ1) is 13.9. The molecule has 1 heterocycles. The Kier molecular flexibility index (Phi) is 6.09. The molecule has 3 N–H and O–H groups in total. The molecule has 3 aromatic rings. The smallest absolute Gasteiger partial charge is 0.328 e. The van der Waals surface area contributed by atoms with Crippen molar-refractivity contribution in [2.24, 2.45) is 0 Å². The highest BCUT2D eigenvalue weighted by Gasteiger charge is 2.18. The molecule has 148 valence electrons. The van der Waals surface area contributed by atoms with Gasteiger partial charge in [0.15, 0.2) is 0 Å². The molecule has 0 atom stereocenters. The highest BCUT2D eigenvalue weighted by Crippen LogP contribution is 2.22. The topological polar surface area (TPSA) is 100 Å². The molecule has 3 rings (SSSR count). The fraction of sp³-hybridized carbons (Fsp3) is 0.136. The molecule has 0 spiro atoms. The van der Waals surface area contributed by atoms with Crippen molar-refractivity contribution in [3.8, 4) is 11.3 Å². The zero-order chi connectivity index (χ0) is 20.8. The number of carboxylic acids is 1. The summed E-state index contributed by atoms with van der Waals surface area (Å²) in [4.78, 5) is 35.8. The predicted octanol–water partition coefficient (Wildman–Crippen LogP) is 3.19. The first-order valence-electron chi connectivity index (χ1n) is 9.11. The lowest BCUT2D eigenvalue weighted by Gasteiger charge is -2.15. The van der Waals surface area contributed by atoms with Gasteiger partial charge in [0.1, 0.15) is 0 Å². The summed E-state index contributed by atoms with van der Waals surface area (Å²) >= 11 is 0. The van der Waals surface area contributed by atoms with Crippen LogP contribution in [0.1, 0.15) is 17.7 Å². The summed E-state index contributed by atoms with van der Waals surface area (Å²) < 4.78 is 1.47. The van der Waals surface area contributed by atoms with Gasteiger partial charge in [-0.2, -0.15) is 0 Å². The van der Waals surface area contributed by atoms with Crippen LogP contribution in [0.15, 0.2) is 66.7 Å². The van der Waals surface area contributed by atoms with E-state index >= 15 is 0 Å². The molecule has 0 fully saturated rings. The largest absolute Gasteiger partial charge is 0.481 e. The molecule has 0 saturated heterocycles. The Bertz CT molecular complexity index is 1040. The minimum absolute atomic E-state index is 0.0936. The van der Waals surface area contributed by atoms with Crippen molar-refractivity contribution >= 4 is 23.5 Å². The number of aliphatic carboxylic acids is 1. The van der Waals surface area contributed by atoms with Gasteiger partial charge in [-0.15, -0.1) is 0 Å². The van der Waals surface area contributed by atoms with E-state index in [1.807, 2.05) is 43.3 Å². The Hall–Kier alpha value is -3.87. The first-order valence-corrected chi connectivity index (χ1v) is 9.11. The third-order valence-corrected chi connectivity index (χ3v) is 4.32. The standard InChI is InChI=1S/C22H21N3O4/c1-15-6-5-9-17(14-15)23-21(28)22(29)24-25-18(11-13-20(26)27)10-12-19(25)16-7-3-2-4-8-16/h2-10,12,14H,11,13H2,1H3,(H,23,28)(H,24,29)(H,26,27). The second-order valence-corrected chi connectivity index (χ2v) is 6.57. The van der Waals surface area contributed by atoms with E-state index in [9.17, 15) is 14.4 Å². The lowest BCUT2D eigenvalue weighted by Crippen LogP contribution is -2.35. The molecule has 0 aliphatic rings. The highest BCUT2D eigenvalue weighted by molar-refractivity contribution is 6.42. The number of hydrogen-bond acceptors (Lipinski definition) is 3. The number of carbonyl (C=O) groups excluding carboxylic acids is 2. The minimum atomic E-state index is -0.942. The number of carbonyl (C=O) groups is 3. The van der Waals surface area contributed by atoms with Crippen molar-refractivity contribution in [2.45, 2.75) is 19.8 Å². The number of aryl methyl sites for hydroxylation is 2. The van der Waals surface area contributed by atoms with Crippen LogP contribution in [0.2, 0.25) is 0 Å². The summed E-state index contributed by atoms with van der Waals surface area (Å²) in [7, 11) is 0. The fourth-order valence-electron chi connectivity index (χ4n) is 2.94. The normalized spacial score (nSPS) is 10.4. The van der Waals surface area contributed by atoms with Gasteiger partial charge >= 0.3 is 17.8 Å². The number of hydrogen-bond donors (Lipinski definition) is 3. The van der Waals surface area contributed by atoms with E-state index in [2.05, 4.69) is 10.7 Å². The van der Waals surface area contributed by atoms with Gasteiger partial charge < -0.3 is 10.4 Å². The number of amides is 2. The molecule has 0 unspecified atom stereocenters. The predicted molar refractivity (Wildman–Crippen MR) is 110 cm³/mol. The van der Waals surface area contributed by atoms with Gasteiger partial charge in [-0.05, 0) is 36.8 Å². The maximum Gasteiger partial charge on any atom is 0.328 e. The van der Waals surface area contributed by atoms with E-state index in [0.717, 1.165) is 11.1 Å². The zero-order valence-corrected chi connectivity index (χ0v) is 15.9. The van der Waals surface area contributed by atoms with Crippen LogP contribution in [-0.4, -0.2) is 27.6 Å². The maximum absolute atomic E-state index is 12.5. The molecule has 2 amide bonds. The summed E-state index contributed by atoms with van der Waals surface area (Å²) in [5.41, 5.74) is 6.13. The molecule has 0 radical (unpaired) electrons. The van der Waals surface area contributed by atoms with E-state index in [1.165, 1.54) is 4.68 Å². The van der Waals surface area contributed by atoms with Gasteiger partial charge in [-0.1, -0.05) is 42.5 Å². The Morgan fingerprint density at radius 3 is 2.38 bits per heavy atom. The number of nitrogens with one attached hydrogen (secondary N) is 2. The lowest BCUT2D eigenvalue weighted by atomic mass is 10.2. The number of nitrogens with zero attached hydrogens (tertiary/aromatic N) is 1. The van der Waals surface area contributed by atoms with Crippen LogP contribution < -0.4 is 10.7 Å². The number of anilines is 1. The van der Waals surface area contributed by atoms with Crippen molar-refractivity contribution in [3.63, 3.8) is 0 Å². The van der Waals surface area contributed by atoms with E-state index in [4.69, 9.17) is 5.11 Å². The molecule has 2 aromatic carbocycles. The second kappa shape index (κ2) is 8.88. The summed E-state index contributed by atoms with van der Waals surface area (Å²) in [6, 6.07) is 20.0. The highest BCUT2D eigenvalue weighted by atomic mass is 16.4. The quantitative estimate of drug-likeness (QED) is 0.562. The summed E-state index contributed by atoms with van der Waals surface area (Å²) in [5, 5.41) is 11.6. The van der Waals surface area contributed by atoms with Gasteiger partial charge in [0.05, 0.1) is 12.1 Å². The number of rotatable bonds is 6. The third-order valence-electron chi connectivity index (χ3n) is 4.32. The van der Waals surface area contributed by atoms with Crippen LogP contribution in [-0.2, 0) is 20.8 Å². The number of aromatic nitrogens is 1. The van der Waals surface area contributed by atoms with Crippen LogP contribution in [0.25, 0.3) is 11.3 Å². The molecule has 7 nitrogen and oxygen atoms in total. The number of carboxylic acid groups (broad SMARTS) is 1. The van der Waals surface area contributed by atoms with Crippen molar-refractivity contribution in [1.82, 2.24) is 4.68 Å². The molecule has 0 aliphatic carbocycles. The Morgan fingerprint density at radius 1 is 0.931 bits per heavy atom. The van der Waals surface area contributed by atoms with E-state index < -0.39 is 17.8 Å². The fourth-order valence-corrected chi connectivity index (χ4v) is 2.94. The summed E-state index contributed by atoms with van der Waals surface area (Å²) in [5.74, 6) is -2.61. The maximum atomic E-state index is 12.5. The third kappa shape index (κ3) is 5.10. The molecule has 1 aromatic heterocycles. The SMILES string of the molecule is Cc1cccc(NC(=O)C(=O)Nn2c(CCC(=O)O)ccc2-c2ccccc2)c1. The van der Waals surface area contributed by atoms with Gasteiger partial charge in [0.2, 0.25) is 0 Å². The molecule has 0 aliphatic heterocycles. The average Bonchev–Trinajstić information content (AvgIpc) is 3.09. The Morgan fingerprint density at radius 2 is 1.69 bits per heavy atom. The van der Waals surface area contributed by atoms with Gasteiger partial charge in [-0.3, -0.25) is 24.5 Å². The van der Waals surface area contributed by atoms with E-state index in [0.29, 0.717) is 17.1 Å². The van der Waals surface area contributed by atoms with Crippen molar-refractivity contribution in [1.29, 1.82) is 0 Å². The zero-order valence-electron chi connectivity index (χ0n) is 15.9. The lowest BCUT2D eigenvalue weighted by molar-refractivity contribution is -0.137. The Balaban J connectivity index is 1.83. The van der Waals surface area contributed by atoms with Crippen molar-refractivity contribution in [3.05, 3.63) is 78.0 Å². The molecule has 0 saturated carbocycles. The van der Waals surface area contributed by atoms with Crippen LogP contribution >= 0.6 is 0 Å². The molecule has 29 heavy (non-hydrogen) atoms. The van der Waals surface area contributed by atoms with Crippen LogP contribution in [0.5, 0.6) is 0 Å². The monoisotopic (exact) mass is 391 g/mol. The first kappa shape index (κ1) is 19.9. The molecule has 7 heteroatoms. The van der Waals surface area contributed by atoms with Gasteiger partial charge in [0.25, 0.3) is 0 Å². The second-order valence-electron chi connectivity index (χ2n) is 6.57. The van der Waals surface area contributed by atoms with Gasteiger partial charge in [0, 0.05) is 23.4 Å². The van der Waals surface area contributed by atoms with E-state index in [1.54, 1.807) is 30.3 Å². The molecular weight excluding hydrogens is 370 g/mol. The van der Waals surface area contributed by atoms with Crippen LogP contribution in [0, 0.1) is 6.92 Å². The average molecular weight is 391 g/mol. The van der Waals surface area contributed by atoms with Crippen LogP contribution in [0.4, 0.5) is 5.69 Å². The Labute approximate surface area is 168 Å². The van der Waals surface area contributed by atoms with E-state index in [-0.39, 0.29) is 12.8 Å². The van der Waals surface area contributed by atoms with Gasteiger partial charge in [-0.25, -0.2) is 0 Å². The van der Waals surface area contributed by atoms with Crippen molar-refractivity contribution in [2.75, 3.05) is 10.7 Å². The molecule has 0 bridgehead atoms. The molecular formula is C22H21N3O4. The van der Waals surface area contributed by atoms with Crippen molar-refractivity contribution < 1.29 is 19.5 Å².